The van der Waals surface area contributed by atoms with Gasteiger partial charge >= 0.3 is 0 Å². The van der Waals surface area contributed by atoms with Crippen LogP contribution in [-0.2, 0) is 13.2 Å². The molecule has 0 spiro atoms. The average molecular weight is 307 g/mol. The summed E-state index contributed by atoms with van der Waals surface area (Å²) in [7, 11) is 0. The standard InChI is InChI=1S/C14H15BrN2O/c1-10-4-5-17-12(6-10)9-18-14-3-2-11(8-16)7-13(14)15/h2-7H,8-9,16H2,1H3. The van der Waals surface area contributed by atoms with Crippen molar-refractivity contribution in [1.82, 2.24) is 4.98 Å². The van der Waals surface area contributed by atoms with Crippen molar-refractivity contribution in [2.24, 2.45) is 5.73 Å². The van der Waals surface area contributed by atoms with Crippen LogP contribution in [-0.4, -0.2) is 4.98 Å². The van der Waals surface area contributed by atoms with E-state index in [9.17, 15) is 0 Å². The highest BCUT2D eigenvalue weighted by Crippen LogP contribution is 2.26. The van der Waals surface area contributed by atoms with Gasteiger partial charge in [0.1, 0.15) is 12.4 Å². The van der Waals surface area contributed by atoms with Crippen LogP contribution in [0.2, 0.25) is 0 Å². The molecule has 0 atom stereocenters. The maximum atomic E-state index is 5.73. The molecule has 94 valence electrons. The van der Waals surface area contributed by atoms with Crippen molar-refractivity contribution < 1.29 is 4.74 Å². The lowest BCUT2D eigenvalue weighted by Gasteiger charge is -2.09. The second-order valence-electron chi connectivity index (χ2n) is 4.08. The fourth-order valence-electron chi connectivity index (χ4n) is 1.62. The first-order chi connectivity index (χ1) is 8.69. The Hall–Kier alpha value is -1.39. The fraction of sp³-hybridized carbons (Fsp3) is 0.214. The maximum absolute atomic E-state index is 5.73. The average Bonchev–Trinajstić information content (AvgIpc) is 2.37. The van der Waals surface area contributed by atoms with Crippen LogP contribution in [0.5, 0.6) is 5.75 Å². The van der Waals surface area contributed by atoms with E-state index in [0.717, 1.165) is 21.5 Å². The maximum Gasteiger partial charge on any atom is 0.134 e. The Morgan fingerprint density at radius 3 is 2.78 bits per heavy atom. The largest absolute Gasteiger partial charge is 0.486 e. The Morgan fingerprint density at radius 2 is 2.11 bits per heavy atom. The third-order valence-electron chi connectivity index (χ3n) is 2.58. The highest BCUT2D eigenvalue weighted by Gasteiger charge is 2.03. The van der Waals surface area contributed by atoms with Gasteiger partial charge in [0.2, 0.25) is 0 Å². The highest BCUT2D eigenvalue weighted by molar-refractivity contribution is 9.10. The molecule has 1 heterocycles. The van der Waals surface area contributed by atoms with E-state index in [1.807, 2.05) is 37.3 Å². The first-order valence-corrected chi connectivity index (χ1v) is 6.51. The molecule has 0 aliphatic heterocycles. The van der Waals surface area contributed by atoms with Crippen molar-refractivity contribution in [3.63, 3.8) is 0 Å². The Kier molecular flexibility index (Phi) is 4.33. The Labute approximate surface area is 115 Å². The van der Waals surface area contributed by atoms with Gasteiger partial charge < -0.3 is 10.5 Å². The summed E-state index contributed by atoms with van der Waals surface area (Å²) in [6.07, 6.45) is 1.79. The van der Waals surface area contributed by atoms with Gasteiger partial charge in [0.15, 0.2) is 0 Å². The van der Waals surface area contributed by atoms with Gasteiger partial charge in [-0.3, -0.25) is 4.98 Å². The molecule has 0 radical (unpaired) electrons. The molecule has 0 bridgehead atoms. The second kappa shape index (κ2) is 5.98. The minimum Gasteiger partial charge on any atom is -0.486 e. The van der Waals surface area contributed by atoms with Crippen LogP contribution in [0.15, 0.2) is 41.0 Å². The molecule has 1 aromatic heterocycles. The lowest BCUT2D eigenvalue weighted by molar-refractivity contribution is 0.299. The number of hydrogen-bond acceptors (Lipinski definition) is 3. The molecule has 1 aromatic carbocycles. The summed E-state index contributed by atoms with van der Waals surface area (Å²) in [5, 5.41) is 0. The lowest BCUT2D eigenvalue weighted by Crippen LogP contribution is -2.00. The number of halogens is 1. The molecule has 0 amide bonds. The summed E-state index contributed by atoms with van der Waals surface area (Å²) in [6, 6.07) is 9.84. The van der Waals surface area contributed by atoms with E-state index < -0.39 is 0 Å². The number of pyridine rings is 1. The van der Waals surface area contributed by atoms with E-state index in [2.05, 4.69) is 20.9 Å². The summed E-state index contributed by atoms with van der Waals surface area (Å²) in [5.74, 6) is 0.801. The topological polar surface area (TPSA) is 48.1 Å². The van der Waals surface area contributed by atoms with Gasteiger partial charge in [-0.2, -0.15) is 0 Å². The molecule has 2 aromatic rings. The third kappa shape index (κ3) is 3.31. The minimum absolute atomic E-state index is 0.461. The molecule has 0 fully saturated rings. The first kappa shape index (κ1) is 13.1. The van der Waals surface area contributed by atoms with E-state index in [-0.39, 0.29) is 0 Å². The van der Waals surface area contributed by atoms with Crippen molar-refractivity contribution in [2.75, 3.05) is 0 Å². The molecule has 0 saturated carbocycles. The molecule has 0 saturated heterocycles. The van der Waals surface area contributed by atoms with Gasteiger partial charge in [0.05, 0.1) is 10.2 Å². The number of aromatic nitrogens is 1. The summed E-state index contributed by atoms with van der Waals surface area (Å²) >= 11 is 3.47. The number of hydrogen-bond donors (Lipinski definition) is 1. The van der Waals surface area contributed by atoms with Crippen molar-refractivity contribution in [2.45, 2.75) is 20.1 Å². The predicted octanol–water partition coefficient (Wildman–Crippen LogP) is 3.19. The summed E-state index contributed by atoms with van der Waals surface area (Å²) in [6.45, 7) is 3.03. The number of aryl methyl sites for hydroxylation is 1. The zero-order valence-electron chi connectivity index (χ0n) is 10.2. The molecule has 3 nitrogen and oxygen atoms in total. The fourth-order valence-corrected chi connectivity index (χ4v) is 2.16. The molecule has 18 heavy (non-hydrogen) atoms. The van der Waals surface area contributed by atoms with Crippen LogP contribution in [0.25, 0.3) is 0 Å². The van der Waals surface area contributed by atoms with Gasteiger partial charge in [-0.1, -0.05) is 6.07 Å². The third-order valence-corrected chi connectivity index (χ3v) is 3.20. The van der Waals surface area contributed by atoms with Gasteiger partial charge in [0.25, 0.3) is 0 Å². The number of nitrogens with two attached hydrogens (primary N) is 1. The van der Waals surface area contributed by atoms with Crippen molar-refractivity contribution in [3.8, 4) is 5.75 Å². The normalized spacial score (nSPS) is 10.4. The highest BCUT2D eigenvalue weighted by atomic mass is 79.9. The van der Waals surface area contributed by atoms with Crippen LogP contribution < -0.4 is 10.5 Å². The number of nitrogens with zero attached hydrogens (tertiary/aromatic N) is 1. The Bertz CT molecular complexity index is 543. The zero-order valence-corrected chi connectivity index (χ0v) is 11.8. The van der Waals surface area contributed by atoms with Gasteiger partial charge in [0, 0.05) is 12.7 Å². The predicted molar refractivity (Wildman–Crippen MR) is 75.3 cm³/mol. The number of benzene rings is 1. The van der Waals surface area contributed by atoms with Crippen LogP contribution in [0, 0.1) is 6.92 Å². The molecule has 2 N–H and O–H groups in total. The molecular weight excluding hydrogens is 292 g/mol. The van der Waals surface area contributed by atoms with E-state index in [1.165, 1.54) is 5.56 Å². The smallest absolute Gasteiger partial charge is 0.134 e. The van der Waals surface area contributed by atoms with E-state index in [0.29, 0.717) is 13.2 Å². The molecule has 0 unspecified atom stereocenters. The van der Waals surface area contributed by atoms with Crippen LogP contribution in [0.3, 0.4) is 0 Å². The second-order valence-corrected chi connectivity index (χ2v) is 4.94. The van der Waals surface area contributed by atoms with E-state index in [1.54, 1.807) is 6.20 Å². The molecule has 0 aliphatic rings. The molecule has 2 rings (SSSR count). The van der Waals surface area contributed by atoms with Crippen molar-refractivity contribution in [3.05, 3.63) is 57.8 Å². The molecule has 0 aliphatic carbocycles. The van der Waals surface area contributed by atoms with Gasteiger partial charge in [-0.05, 0) is 58.2 Å². The van der Waals surface area contributed by atoms with Crippen LogP contribution in [0.1, 0.15) is 16.8 Å². The Morgan fingerprint density at radius 1 is 1.28 bits per heavy atom. The summed E-state index contributed by atoms with van der Waals surface area (Å²) in [5.41, 5.74) is 8.75. The lowest BCUT2D eigenvalue weighted by atomic mass is 10.2. The quantitative estimate of drug-likeness (QED) is 0.943. The van der Waals surface area contributed by atoms with Crippen LogP contribution in [0.4, 0.5) is 0 Å². The summed E-state index contributed by atoms with van der Waals surface area (Å²) in [4.78, 5) is 4.26. The summed E-state index contributed by atoms with van der Waals surface area (Å²) < 4.78 is 6.64. The minimum atomic E-state index is 0.461. The molecule has 4 heteroatoms. The SMILES string of the molecule is Cc1ccnc(COc2ccc(CN)cc2Br)c1. The number of ether oxygens (including phenoxy) is 1. The molecular formula is C14H15BrN2O. The first-order valence-electron chi connectivity index (χ1n) is 5.72. The van der Waals surface area contributed by atoms with Crippen LogP contribution >= 0.6 is 15.9 Å². The Balaban J connectivity index is 2.06. The van der Waals surface area contributed by atoms with Crippen molar-refractivity contribution in [1.29, 1.82) is 0 Å². The monoisotopic (exact) mass is 306 g/mol. The number of rotatable bonds is 4. The van der Waals surface area contributed by atoms with Gasteiger partial charge in [-0.25, -0.2) is 0 Å². The van der Waals surface area contributed by atoms with E-state index >= 15 is 0 Å². The van der Waals surface area contributed by atoms with Gasteiger partial charge in [-0.15, -0.1) is 0 Å². The van der Waals surface area contributed by atoms with E-state index in [4.69, 9.17) is 10.5 Å². The zero-order chi connectivity index (χ0) is 13.0. The van der Waals surface area contributed by atoms with Crippen molar-refractivity contribution >= 4 is 15.9 Å².